The van der Waals surface area contributed by atoms with Crippen LogP contribution in [-0.4, -0.2) is 60.4 Å². The highest BCUT2D eigenvalue weighted by Crippen LogP contribution is 2.37. The monoisotopic (exact) mass is 493 g/mol. The van der Waals surface area contributed by atoms with Crippen LogP contribution in [0.25, 0.3) is 32.9 Å². The average molecular weight is 494 g/mol. The Balaban J connectivity index is 1.52. The fraction of sp³-hybridized carbons (Fsp3) is 0.346. The maximum Gasteiger partial charge on any atom is 0.319 e. The number of nitrogens with one attached hydrogen (secondary N) is 1. The van der Waals surface area contributed by atoms with E-state index in [-0.39, 0.29) is 23.8 Å². The molecule has 2 aliphatic heterocycles. The number of fused-ring (bicyclic) bond motifs is 4. The molecule has 2 aliphatic rings. The number of rotatable bonds is 6. The van der Waals surface area contributed by atoms with E-state index in [1.54, 1.807) is 19.4 Å². The molecular formula is C26H25ClFN5O2. The summed E-state index contributed by atoms with van der Waals surface area (Å²) in [6, 6.07) is 12.2. The maximum absolute atomic E-state index is 16.2. The van der Waals surface area contributed by atoms with E-state index in [9.17, 15) is 0 Å². The lowest BCUT2D eigenvalue weighted by molar-refractivity contribution is 0.141. The first-order chi connectivity index (χ1) is 17.1. The minimum atomic E-state index is -0.520. The Labute approximate surface area is 207 Å². The fourth-order valence-electron chi connectivity index (χ4n) is 5.19. The summed E-state index contributed by atoms with van der Waals surface area (Å²) < 4.78 is 27.0. The van der Waals surface area contributed by atoms with Crippen molar-refractivity contribution in [2.24, 2.45) is 0 Å². The van der Waals surface area contributed by atoms with Gasteiger partial charge in [0.1, 0.15) is 23.6 Å². The number of pyridine rings is 1. The first-order valence-electron chi connectivity index (χ1n) is 11.8. The van der Waals surface area contributed by atoms with Crippen LogP contribution in [0.5, 0.6) is 6.01 Å². The lowest BCUT2D eigenvalue weighted by Crippen LogP contribution is -2.51. The number of aromatic nitrogens is 3. The van der Waals surface area contributed by atoms with Gasteiger partial charge >= 0.3 is 6.01 Å². The summed E-state index contributed by atoms with van der Waals surface area (Å²) >= 11 is 6.52. The minimum absolute atomic E-state index is 0.127. The molecule has 7 nitrogen and oxygen atoms in total. The van der Waals surface area contributed by atoms with Crippen molar-refractivity contribution in [3.8, 4) is 17.3 Å². The number of hydrogen-bond acceptors (Lipinski definition) is 7. The number of benzene rings is 2. The van der Waals surface area contributed by atoms with Crippen LogP contribution in [0.4, 0.5) is 10.2 Å². The van der Waals surface area contributed by atoms with Crippen molar-refractivity contribution >= 4 is 39.1 Å². The predicted octanol–water partition coefficient (Wildman–Crippen LogP) is 4.60. The molecule has 6 rings (SSSR count). The highest BCUT2D eigenvalue weighted by Gasteiger charge is 2.34. The summed E-state index contributed by atoms with van der Waals surface area (Å²) in [7, 11) is 1.60. The molecule has 2 fully saturated rings. The molecule has 2 aromatic heterocycles. The van der Waals surface area contributed by atoms with E-state index >= 15 is 4.39 Å². The van der Waals surface area contributed by atoms with Crippen LogP contribution < -0.4 is 15.0 Å². The number of piperazine rings is 1. The van der Waals surface area contributed by atoms with Gasteiger partial charge in [0, 0.05) is 54.5 Å². The Kier molecular flexibility index (Phi) is 5.88. The summed E-state index contributed by atoms with van der Waals surface area (Å²) in [5.41, 5.74) is 1.00. The van der Waals surface area contributed by atoms with Gasteiger partial charge in [0.25, 0.3) is 0 Å². The molecule has 2 aromatic carbocycles. The van der Waals surface area contributed by atoms with E-state index < -0.39 is 5.82 Å². The van der Waals surface area contributed by atoms with Crippen LogP contribution in [0.3, 0.4) is 0 Å². The van der Waals surface area contributed by atoms with Crippen molar-refractivity contribution < 1.29 is 13.9 Å². The number of methoxy groups -OCH3 is 1. The van der Waals surface area contributed by atoms with Crippen LogP contribution in [-0.2, 0) is 4.74 Å². The second kappa shape index (κ2) is 9.18. The molecule has 0 amide bonds. The molecule has 0 spiro atoms. The third-order valence-corrected chi connectivity index (χ3v) is 7.10. The highest BCUT2D eigenvalue weighted by atomic mass is 35.5. The molecule has 2 saturated heterocycles. The minimum Gasteiger partial charge on any atom is -0.461 e. The van der Waals surface area contributed by atoms with E-state index in [1.807, 2.05) is 30.3 Å². The molecule has 35 heavy (non-hydrogen) atoms. The van der Waals surface area contributed by atoms with Crippen molar-refractivity contribution in [3.63, 3.8) is 0 Å². The van der Waals surface area contributed by atoms with Gasteiger partial charge in [-0.15, -0.1) is 0 Å². The summed E-state index contributed by atoms with van der Waals surface area (Å²) in [6.45, 7) is 2.24. The van der Waals surface area contributed by atoms with E-state index in [4.69, 9.17) is 21.1 Å². The van der Waals surface area contributed by atoms with Crippen molar-refractivity contribution in [1.82, 2.24) is 20.3 Å². The molecule has 2 bridgehead atoms. The fourth-order valence-corrected chi connectivity index (χ4v) is 5.48. The molecule has 4 heterocycles. The van der Waals surface area contributed by atoms with Crippen molar-refractivity contribution in [1.29, 1.82) is 0 Å². The molecule has 9 heteroatoms. The van der Waals surface area contributed by atoms with Gasteiger partial charge in [0.2, 0.25) is 0 Å². The van der Waals surface area contributed by atoms with Crippen molar-refractivity contribution in [2.45, 2.75) is 24.9 Å². The lowest BCUT2D eigenvalue weighted by Gasteiger charge is -2.34. The zero-order chi connectivity index (χ0) is 23.9. The molecule has 2 atom stereocenters. The average Bonchev–Trinajstić information content (AvgIpc) is 3.21. The van der Waals surface area contributed by atoms with Gasteiger partial charge in [-0.1, -0.05) is 41.9 Å². The van der Waals surface area contributed by atoms with Crippen LogP contribution in [0.2, 0.25) is 5.02 Å². The Hall–Kier alpha value is -3.07. The molecule has 2 unspecified atom stereocenters. The van der Waals surface area contributed by atoms with Gasteiger partial charge in [-0.2, -0.15) is 9.97 Å². The number of hydrogen-bond donors (Lipinski definition) is 1. The third-order valence-electron chi connectivity index (χ3n) is 6.79. The summed E-state index contributed by atoms with van der Waals surface area (Å²) in [5.74, 6) is 0.128. The summed E-state index contributed by atoms with van der Waals surface area (Å²) in [6.07, 6.45) is 3.92. The Morgan fingerprint density at radius 1 is 1.09 bits per heavy atom. The Morgan fingerprint density at radius 3 is 2.63 bits per heavy atom. The molecule has 0 aliphatic carbocycles. The topological polar surface area (TPSA) is 72.4 Å². The van der Waals surface area contributed by atoms with Gasteiger partial charge in [-0.3, -0.25) is 4.98 Å². The maximum atomic E-state index is 16.2. The third kappa shape index (κ3) is 4.05. The number of ether oxygens (including phenoxy) is 2. The Bertz CT molecular complexity index is 1400. The highest BCUT2D eigenvalue weighted by molar-refractivity contribution is 6.36. The van der Waals surface area contributed by atoms with Gasteiger partial charge in [0.05, 0.1) is 12.0 Å². The van der Waals surface area contributed by atoms with Crippen molar-refractivity contribution in [3.05, 3.63) is 53.4 Å². The van der Waals surface area contributed by atoms with Crippen LogP contribution >= 0.6 is 11.6 Å². The van der Waals surface area contributed by atoms with Crippen LogP contribution in [0.15, 0.2) is 42.6 Å². The number of anilines is 1. The first kappa shape index (κ1) is 22.4. The largest absolute Gasteiger partial charge is 0.461 e. The van der Waals surface area contributed by atoms with E-state index in [0.717, 1.165) is 36.7 Å². The molecule has 180 valence electrons. The van der Waals surface area contributed by atoms with E-state index in [0.29, 0.717) is 40.5 Å². The van der Waals surface area contributed by atoms with Gasteiger partial charge in [-0.05, 0) is 24.3 Å². The zero-order valence-electron chi connectivity index (χ0n) is 19.3. The molecule has 0 saturated carbocycles. The normalized spacial score (nSPS) is 19.6. The van der Waals surface area contributed by atoms with Crippen LogP contribution in [0.1, 0.15) is 12.8 Å². The van der Waals surface area contributed by atoms with E-state index in [1.165, 1.54) is 0 Å². The van der Waals surface area contributed by atoms with E-state index in [2.05, 4.69) is 25.2 Å². The van der Waals surface area contributed by atoms with Gasteiger partial charge in [0.15, 0.2) is 5.82 Å². The smallest absolute Gasteiger partial charge is 0.319 e. The van der Waals surface area contributed by atoms with Gasteiger partial charge < -0.3 is 19.7 Å². The summed E-state index contributed by atoms with van der Waals surface area (Å²) in [5, 5.41) is 6.41. The molecular weight excluding hydrogens is 469 g/mol. The SMILES string of the molecule is COCCOc1nc(N2CC3CCC(C2)N3)c2cnc(-c3cccc4cccc(Cl)c34)c(F)c2n1. The Morgan fingerprint density at radius 2 is 1.86 bits per heavy atom. The quantitative estimate of drug-likeness (QED) is 0.393. The molecule has 1 N–H and O–H groups in total. The summed E-state index contributed by atoms with van der Waals surface area (Å²) in [4.78, 5) is 15.9. The molecule has 4 aromatic rings. The first-order valence-corrected chi connectivity index (χ1v) is 12.2. The van der Waals surface area contributed by atoms with Gasteiger partial charge in [-0.25, -0.2) is 4.39 Å². The zero-order valence-corrected chi connectivity index (χ0v) is 20.1. The predicted molar refractivity (Wildman–Crippen MR) is 135 cm³/mol. The number of halogens is 2. The second-order valence-electron chi connectivity index (χ2n) is 9.04. The lowest BCUT2D eigenvalue weighted by atomic mass is 10.0. The number of nitrogens with zero attached hydrogens (tertiary/aromatic N) is 4. The standard InChI is InChI=1S/C26H25ClFN5O2/c1-34-10-11-35-26-31-24-19(25(32-26)33-13-16-8-9-17(14-33)30-16)12-29-23(22(24)28)18-6-2-4-15-5-3-7-20(27)21(15)18/h2-7,12,16-17,30H,8-11,13-14H2,1H3. The van der Waals surface area contributed by atoms with Crippen LogP contribution in [0, 0.1) is 5.82 Å². The molecule has 0 radical (unpaired) electrons. The van der Waals surface area contributed by atoms with Crippen molar-refractivity contribution in [2.75, 3.05) is 38.3 Å². The second-order valence-corrected chi connectivity index (χ2v) is 9.45.